The maximum Gasteiger partial charge on any atom is 0.326 e. The van der Waals surface area contributed by atoms with Gasteiger partial charge in [-0.2, -0.15) is 0 Å². The van der Waals surface area contributed by atoms with Crippen molar-refractivity contribution in [1.82, 2.24) is 5.32 Å². The van der Waals surface area contributed by atoms with Crippen molar-refractivity contribution in [2.75, 3.05) is 12.4 Å². The van der Waals surface area contributed by atoms with Crippen LogP contribution in [0, 0.1) is 0 Å². The minimum Gasteiger partial charge on any atom is -0.480 e. The van der Waals surface area contributed by atoms with E-state index in [2.05, 4.69) is 15.8 Å². The zero-order chi connectivity index (χ0) is 26.2. The summed E-state index contributed by atoms with van der Waals surface area (Å²) in [5.41, 5.74) is 1.44. The summed E-state index contributed by atoms with van der Waals surface area (Å²) in [6.07, 6.45) is -0.0263. The first-order valence-corrected chi connectivity index (χ1v) is 11.6. The van der Waals surface area contributed by atoms with Crippen LogP contribution < -0.4 is 10.6 Å². The van der Waals surface area contributed by atoms with Gasteiger partial charge in [-0.3, -0.25) is 9.59 Å². The first-order valence-electron chi connectivity index (χ1n) is 10.4. The largest absolute Gasteiger partial charge is 0.480 e. The van der Waals surface area contributed by atoms with Gasteiger partial charge >= 0.3 is 5.97 Å². The molecule has 0 heterocycles. The number of oxime groups is 1. The minimum absolute atomic E-state index is 0.0263. The Labute approximate surface area is 221 Å². The van der Waals surface area contributed by atoms with Crippen molar-refractivity contribution >= 4 is 64.0 Å². The van der Waals surface area contributed by atoms with E-state index in [1.165, 1.54) is 13.2 Å². The number of carboxylic acid groups (broad SMARTS) is 1. The van der Waals surface area contributed by atoms with Crippen LogP contribution in [0.2, 0.25) is 15.1 Å². The molecule has 0 spiro atoms. The molecule has 186 valence electrons. The number of carbonyl (C=O) groups excluding carboxylic acids is 2. The summed E-state index contributed by atoms with van der Waals surface area (Å²) >= 11 is 18.1. The fourth-order valence-electron chi connectivity index (χ4n) is 3.25. The third-order valence-corrected chi connectivity index (χ3v) is 5.81. The highest BCUT2D eigenvalue weighted by Gasteiger charge is 2.25. The number of rotatable bonds is 9. The first-order chi connectivity index (χ1) is 17.2. The van der Waals surface area contributed by atoms with Crippen molar-refractivity contribution in [1.29, 1.82) is 0 Å². The molecule has 0 aliphatic rings. The van der Waals surface area contributed by atoms with Crippen LogP contribution in [0.5, 0.6) is 0 Å². The summed E-state index contributed by atoms with van der Waals surface area (Å²) in [7, 11) is 1.27. The Morgan fingerprint density at radius 1 is 0.972 bits per heavy atom. The van der Waals surface area contributed by atoms with Crippen LogP contribution in [0.15, 0.2) is 71.9 Å². The van der Waals surface area contributed by atoms with Crippen LogP contribution in [-0.2, 0) is 20.8 Å². The molecule has 3 N–H and O–H groups in total. The van der Waals surface area contributed by atoms with Crippen LogP contribution in [0.4, 0.5) is 5.69 Å². The molecule has 0 fully saturated rings. The van der Waals surface area contributed by atoms with Crippen molar-refractivity contribution in [3.05, 3.63) is 98.5 Å². The predicted molar refractivity (Wildman–Crippen MR) is 139 cm³/mol. The van der Waals surface area contributed by atoms with Crippen LogP contribution in [0.3, 0.4) is 0 Å². The van der Waals surface area contributed by atoms with E-state index in [4.69, 9.17) is 39.6 Å². The van der Waals surface area contributed by atoms with E-state index in [1.807, 2.05) is 0 Å². The van der Waals surface area contributed by atoms with Crippen molar-refractivity contribution in [2.24, 2.45) is 5.16 Å². The van der Waals surface area contributed by atoms with Gasteiger partial charge in [0, 0.05) is 22.7 Å². The topological polar surface area (TPSA) is 117 Å². The van der Waals surface area contributed by atoms with Crippen LogP contribution >= 0.6 is 34.8 Å². The van der Waals surface area contributed by atoms with Crippen LogP contribution in [0.25, 0.3) is 0 Å². The fourth-order valence-corrected chi connectivity index (χ4v) is 4.01. The lowest BCUT2D eigenvalue weighted by Gasteiger charge is -2.16. The standard InChI is InChI=1S/C25H20Cl3N3O5/c1-36-31-22(15-4-2-5-16(26)13-15)24(33)30-20(25(34)35)12-14-8-10-17(11-9-14)29-23(32)21-18(27)6-3-7-19(21)28/h2-11,13,20H,12H2,1H3,(H,29,32)(H,30,33)(H,34,35)/t20-/m0/s1. The molecule has 0 bridgehead atoms. The highest BCUT2D eigenvalue weighted by atomic mass is 35.5. The molecule has 0 aliphatic carbocycles. The highest BCUT2D eigenvalue weighted by molar-refractivity contribution is 6.46. The zero-order valence-corrected chi connectivity index (χ0v) is 21.1. The highest BCUT2D eigenvalue weighted by Crippen LogP contribution is 2.25. The van der Waals surface area contributed by atoms with Gasteiger partial charge in [-0.15, -0.1) is 0 Å². The summed E-state index contributed by atoms with van der Waals surface area (Å²) in [6.45, 7) is 0. The maximum absolute atomic E-state index is 12.8. The summed E-state index contributed by atoms with van der Waals surface area (Å²) in [4.78, 5) is 42.0. The Kier molecular flexibility index (Phi) is 9.30. The molecule has 0 aromatic heterocycles. The maximum atomic E-state index is 12.8. The molecular weight excluding hydrogens is 529 g/mol. The van der Waals surface area contributed by atoms with Crippen LogP contribution in [-0.4, -0.2) is 41.8 Å². The lowest BCUT2D eigenvalue weighted by molar-refractivity contribution is -0.141. The Hall–Kier alpha value is -3.59. The van der Waals surface area contributed by atoms with Gasteiger partial charge < -0.3 is 20.6 Å². The SMILES string of the molecule is CON=C(C(=O)N[C@@H](Cc1ccc(NC(=O)c2c(Cl)cccc2Cl)cc1)C(=O)O)c1cccc(Cl)c1. The summed E-state index contributed by atoms with van der Waals surface area (Å²) in [5.74, 6) is -2.47. The van der Waals surface area contributed by atoms with Gasteiger partial charge in [0.15, 0.2) is 5.71 Å². The average Bonchev–Trinajstić information content (AvgIpc) is 2.83. The lowest BCUT2D eigenvalue weighted by Crippen LogP contribution is -2.45. The van der Waals surface area contributed by atoms with E-state index in [-0.39, 0.29) is 27.7 Å². The smallest absolute Gasteiger partial charge is 0.326 e. The molecule has 0 aliphatic heterocycles. The summed E-state index contributed by atoms with van der Waals surface area (Å²) in [6, 6.07) is 16.3. The number of carboxylic acids is 1. The number of nitrogens with one attached hydrogen (secondary N) is 2. The Morgan fingerprint density at radius 2 is 1.61 bits per heavy atom. The van der Waals surface area contributed by atoms with Gasteiger partial charge in [0.25, 0.3) is 11.8 Å². The van der Waals surface area contributed by atoms with Gasteiger partial charge in [0.05, 0.1) is 15.6 Å². The van der Waals surface area contributed by atoms with Gasteiger partial charge in [-0.1, -0.05) is 70.3 Å². The van der Waals surface area contributed by atoms with Gasteiger partial charge in [-0.05, 0) is 42.0 Å². The second kappa shape index (κ2) is 12.4. The second-order valence-corrected chi connectivity index (χ2v) is 8.70. The van der Waals surface area contributed by atoms with Gasteiger partial charge in [0.2, 0.25) is 0 Å². The van der Waals surface area contributed by atoms with Crippen molar-refractivity contribution in [3.8, 4) is 0 Å². The number of carbonyl (C=O) groups is 3. The number of benzene rings is 3. The number of aliphatic carboxylic acids is 1. The molecule has 36 heavy (non-hydrogen) atoms. The van der Waals surface area contributed by atoms with Gasteiger partial charge in [-0.25, -0.2) is 4.79 Å². The molecule has 8 nitrogen and oxygen atoms in total. The van der Waals surface area contributed by atoms with Gasteiger partial charge in [0.1, 0.15) is 13.2 Å². The van der Waals surface area contributed by atoms with E-state index >= 15 is 0 Å². The predicted octanol–water partition coefficient (Wildman–Crippen LogP) is 5.06. The molecule has 0 radical (unpaired) electrons. The molecule has 2 amide bonds. The van der Waals surface area contributed by atoms with Crippen LogP contribution in [0.1, 0.15) is 21.5 Å². The Morgan fingerprint density at radius 3 is 2.19 bits per heavy atom. The summed E-state index contributed by atoms with van der Waals surface area (Å²) < 4.78 is 0. The normalized spacial score (nSPS) is 11.9. The number of hydrogen-bond donors (Lipinski definition) is 3. The number of anilines is 1. The second-order valence-electron chi connectivity index (χ2n) is 7.45. The average molecular weight is 549 g/mol. The Balaban J connectivity index is 1.71. The zero-order valence-electron chi connectivity index (χ0n) is 18.8. The number of hydrogen-bond acceptors (Lipinski definition) is 5. The van der Waals surface area contributed by atoms with E-state index < -0.39 is 23.8 Å². The lowest BCUT2D eigenvalue weighted by atomic mass is 10.0. The Bertz CT molecular complexity index is 1290. The molecule has 3 aromatic rings. The van der Waals surface area contributed by atoms with Crippen molar-refractivity contribution < 1.29 is 24.3 Å². The molecule has 1 atom stereocenters. The van der Waals surface area contributed by atoms with E-state index in [0.29, 0.717) is 21.8 Å². The minimum atomic E-state index is -1.26. The molecule has 11 heteroatoms. The monoisotopic (exact) mass is 547 g/mol. The number of nitrogens with zero attached hydrogens (tertiary/aromatic N) is 1. The van der Waals surface area contributed by atoms with E-state index in [1.54, 1.807) is 60.7 Å². The molecule has 0 saturated heterocycles. The molecule has 3 aromatic carbocycles. The molecular formula is C25H20Cl3N3O5. The van der Waals surface area contributed by atoms with Crippen molar-refractivity contribution in [3.63, 3.8) is 0 Å². The number of halogens is 3. The summed E-state index contributed by atoms with van der Waals surface area (Å²) in [5, 5.41) is 19.4. The molecule has 0 saturated carbocycles. The third-order valence-electron chi connectivity index (χ3n) is 4.94. The quantitative estimate of drug-likeness (QED) is 0.255. The fraction of sp³-hybridized carbons (Fsp3) is 0.120. The van der Waals surface area contributed by atoms with Crippen molar-refractivity contribution in [2.45, 2.75) is 12.5 Å². The van der Waals surface area contributed by atoms with E-state index in [9.17, 15) is 19.5 Å². The molecule has 3 rings (SSSR count). The molecule has 0 unspecified atom stereocenters. The van der Waals surface area contributed by atoms with E-state index in [0.717, 1.165) is 0 Å². The number of amides is 2. The first kappa shape index (κ1) is 27.0. The third kappa shape index (κ3) is 6.97.